The summed E-state index contributed by atoms with van der Waals surface area (Å²) >= 11 is 0. The first-order chi connectivity index (χ1) is 16.9. The Morgan fingerprint density at radius 2 is 2.14 bits per heavy atom. The number of aromatic nitrogens is 4. The molecule has 4 radical (unpaired) electrons. The number of aromatic hydroxyl groups is 1. The number of anilines is 1. The molecule has 12 heteroatoms. The highest BCUT2D eigenvalue weighted by atomic mass is 16.5. The molecule has 35 heavy (non-hydrogen) atoms. The minimum absolute atomic E-state index is 0.0657. The van der Waals surface area contributed by atoms with Crippen molar-refractivity contribution in [3.63, 3.8) is 0 Å². The van der Waals surface area contributed by atoms with Crippen LogP contribution in [0.25, 0.3) is 17.0 Å². The highest BCUT2D eigenvalue weighted by molar-refractivity contribution is 6.40. The summed E-state index contributed by atoms with van der Waals surface area (Å²) in [6.07, 6.45) is 3.43. The molecule has 10 nitrogen and oxygen atoms in total. The van der Waals surface area contributed by atoms with Gasteiger partial charge in [0.1, 0.15) is 32.8 Å². The first-order valence-corrected chi connectivity index (χ1v) is 11.1. The van der Waals surface area contributed by atoms with Crippen molar-refractivity contribution in [3.8, 4) is 17.1 Å². The highest BCUT2D eigenvalue weighted by Crippen LogP contribution is 2.39. The molecule has 0 saturated heterocycles. The maximum Gasteiger partial charge on any atom is 0.274 e. The smallest absolute Gasteiger partial charge is 0.274 e. The summed E-state index contributed by atoms with van der Waals surface area (Å²) in [7, 11) is 12.3. The fraction of sp³-hybridized carbons (Fsp3) is 0.304. The lowest BCUT2D eigenvalue weighted by molar-refractivity contribution is 0.0809. The SMILES string of the molecule is [B]c1c(COCCO)c(O)c([B])n2c(C(=O)Nc3cc(-c4noc(C5CC5)n4)ccc3C)cnc12. The molecule has 0 unspecified atom stereocenters. The summed E-state index contributed by atoms with van der Waals surface area (Å²) in [5.41, 5.74) is 2.61. The van der Waals surface area contributed by atoms with E-state index in [0.717, 1.165) is 18.4 Å². The minimum Gasteiger partial charge on any atom is -0.507 e. The normalized spacial score (nSPS) is 13.4. The third-order valence-corrected chi connectivity index (χ3v) is 5.92. The molecule has 1 fully saturated rings. The van der Waals surface area contributed by atoms with E-state index in [1.807, 2.05) is 19.1 Å². The number of nitrogens with zero attached hydrogens (tertiary/aromatic N) is 4. The van der Waals surface area contributed by atoms with Gasteiger partial charge >= 0.3 is 0 Å². The van der Waals surface area contributed by atoms with Crippen molar-refractivity contribution in [2.45, 2.75) is 32.3 Å². The number of benzene rings is 1. The molecule has 1 saturated carbocycles. The second-order valence-corrected chi connectivity index (χ2v) is 8.42. The van der Waals surface area contributed by atoms with Crippen LogP contribution < -0.4 is 16.4 Å². The van der Waals surface area contributed by atoms with Crippen LogP contribution in [0.4, 0.5) is 5.69 Å². The fourth-order valence-electron chi connectivity index (χ4n) is 3.78. The maximum atomic E-state index is 13.2. The molecule has 1 amide bonds. The van der Waals surface area contributed by atoms with Crippen molar-refractivity contribution in [1.29, 1.82) is 0 Å². The number of aliphatic hydroxyl groups is 1. The Labute approximate surface area is 203 Å². The van der Waals surface area contributed by atoms with Gasteiger partial charge in [-0.1, -0.05) is 17.3 Å². The molecule has 4 aromatic rings. The summed E-state index contributed by atoms with van der Waals surface area (Å²) in [4.78, 5) is 21.9. The molecule has 1 aromatic carbocycles. The van der Waals surface area contributed by atoms with Gasteiger partial charge < -0.3 is 24.8 Å². The summed E-state index contributed by atoms with van der Waals surface area (Å²) in [5.74, 6) is 0.606. The Morgan fingerprint density at radius 3 is 2.89 bits per heavy atom. The Morgan fingerprint density at radius 1 is 1.34 bits per heavy atom. The molecule has 0 atom stereocenters. The molecule has 3 aromatic heterocycles. The molecular formula is C23H21B2N5O5. The van der Waals surface area contributed by atoms with Crippen LogP contribution >= 0.6 is 0 Å². The van der Waals surface area contributed by atoms with Crippen molar-refractivity contribution < 1.29 is 24.3 Å². The number of fused-ring (bicyclic) bond motifs is 1. The number of hydrogen-bond acceptors (Lipinski definition) is 8. The standard InChI is InChI=1S/C23H21B2N5O5/c1-11-2-3-13(20-28-23(35-29-20)12-4-5-12)8-15(11)27-22(33)16-9-26-21-17(24)14(10-34-7-6-31)18(32)19(25)30(16)21/h2-3,8-9,12,31-32H,4-7,10H2,1H3,(H,27,33). The number of amides is 1. The Kier molecular flexibility index (Phi) is 6.08. The highest BCUT2D eigenvalue weighted by Gasteiger charge is 2.30. The summed E-state index contributed by atoms with van der Waals surface area (Å²) < 4.78 is 11.9. The van der Waals surface area contributed by atoms with E-state index in [2.05, 4.69) is 20.4 Å². The van der Waals surface area contributed by atoms with Gasteiger partial charge in [-0.05, 0) is 36.9 Å². The average Bonchev–Trinajstić information content (AvgIpc) is 3.39. The van der Waals surface area contributed by atoms with E-state index < -0.39 is 5.91 Å². The number of rotatable bonds is 8. The zero-order valence-corrected chi connectivity index (χ0v) is 19.0. The van der Waals surface area contributed by atoms with Crippen LogP contribution in [-0.4, -0.2) is 64.6 Å². The third kappa shape index (κ3) is 4.30. The number of ether oxygens (including phenoxy) is 1. The van der Waals surface area contributed by atoms with Crippen LogP contribution in [0.1, 0.15) is 46.3 Å². The van der Waals surface area contributed by atoms with Crippen LogP contribution in [0.2, 0.25) is 0 Å². The minimum atomic E-state index is -0.501. The topological polar surface area (TPSA) is 135 Å². The van der Waals surface area contributed by atoms with Gasteiger partial charge in [-0.15, -0.1) is 0 Å². The van der Waals surface area contributed by atoms with Gasteiger partial charge in [0.2, 0.25) is 11.7 Å². The van der Waals surface area contributed by atoms with E-state index in [0.29, 0.717) is 28.9 Å². The van der Waals surface area contributed by atoms with E-state index in [1.165, 1.54) is 10.6 Å². The molecule has 0 spiro atoms. The first-order valence-electron chi connectivity index (χ1n) is 11.1. The van der Waals surface area contributed by atoms with Gasteiger partial charge in [0, 0.05) is 28.3 Å². The van der Waals surface area contributed by atoms with Gasteiger partial charge in [0.05, 0.1) is 26.0 Å². The van der Waals surface area contributed by atoms with Crippen molar-refractivity contribution >= 4 is 44.0 Å². The number of aliphatic hydroxyl groups excluding tert-OH is 1. The van der Waals surface area contributed by atoms with Gasteiger partial charge in [-0.25, -0.2) is 4.98 Å². The molecule has 0 bridgehead atoms. The van der Waals surface area contributed by atoms with Crippen molar-refractivity contribution in [1.82, 2.24) is 19.5 Å². The van der Waals surface area contributed by atoms with Crippen LogP contribution in [-0.2, 0) is 11.3 Å². The predicted octanol–water partition coefficient (Wildman–Crippen LogP) is 0.625. The molecule has 174 valence electrons. The van der Waals surface area contributed by atoms with Crippen molar-refractivity contribution in [3.05, 3.63) is 47.1 Å². The number of aryl methyl sites for hydroxylation is 1. The lowest BCUT2D eigenvalue weighted by Gasteiger charge is -2.16. The van der Waals surface area contributed by atoms with Crippen LogP contribution in [0.3, 0.4) is 0 Å². The molecule has 3 heterocycles. The van der Waals surface area contributed by atoms with Gasteiger partial charge in [0.25, 0.3) is 5.91 Å². The van der Waals surface area contributed by atoms with E-state index in [9.17, 15) is 9.90 Å². The largest absolute Gasteiger partial charge is 0.507 e. The Hall–Kier alpha value is -3.63. The number of pyridine rings is 1. The lowest BCUT2D eigenvalue weighted by Crippen LogP contribution is -2.29. The molecule has 1 aliphatic carbocycles. The van der Waals surface area contributed by atoms with E-state index in [4.69, 9.17) is 30.1 Å². The summed E-state index contributed by atoms with van der Waals surface area (Å²) in [6, 6.07) is 5.48. The maximum absolute atomic E-state index is 13.2. The van der Waals surface area contributed by atoms with E-state index in [-0.39, 0.29) is 53.5 Å². The van der Waals surface area contributed by atoms with Crippen LogP contribution in [0.5, 0.6) is 5.75 Å². The number of carbonyl (C=O) groups is 1. The summed E-state index contributed by atoms with van der Waals surface area (Å²) in [6.45, 7) is 1.67. The molecule has 1 aliphatic rings. The van der Waals surface area contributed by atoms with Crippen LogP contribution in [0.15, 0.2) is 28.9 Å². The number of carbonyl (C=O) groups excluding carboxylic acids is 1. The van der Waals surface area contributed by atoms with Gasteiger partial charge in [0.15, 0.2) is 0 Å². The fourth-order valence-corrected chi connectivity index (χ4v) is 3.78. The number of imidazole rings is 1. The van der Waals surface area contributed by atoms with Gasteiger partial charge in [-0.2, -0.15) is 4.98 Å². The van der Waals surface area contributed by atoms with E-state index in [1.54, 1.807) is 6.07 Å². The van der Waals surface area contributed by atoms with Crippen molar-refractivity contribution in [2.24, 2.45) is 0 Å². The lowest BCUT2D eigenvalue weighted by atomic mass is 9.87. The summed E-state index contributed by atoms with van der Waals surface area (Å²) in [5, 5.41) is 26.4. The molecule has 5 rings (SSSR count). The Balaban J connectivity index is 1.44. The third-order valence-electron chi connectivity index (χ3n) is 5.92. The van der Waals surface area contributed by atoms with Crippen molar-refractivity contribution in [2.75, 3.05) is 18.5 Å². The Bertz CT molecular complexity index is 1430. The van der Waals surface area contributed by atoms with Gasteiger partial charge in [-0.3, -0.25) is 9.20 Å². The molecule has 3 N–H and O–H groups in total. The second-order valence-electron chi connectivity index (χ2n) is 8.42. The zero-order valence-electron chi connectivity index (χ0n) is 19.0. The molecule has 0 aliphatic heterocycles. The monoisotopic (exact) mass is 469 g/mol. The molecular weight excluding hydrogens is 448 g/mol. The predicted molar refractivity (Wildman–Crippen MR) is 129 cm³/mol. The van der Waals surface area contributed by atoms with Crippen LogP contribution in [0, 0.1) is 6.92 Å². The van der Waals surface area contributed by atoms with E-state index >= 15 is 0 Å². The quantitative estimate of drug-likeness (QED) is 0.253. The average molecular weight is 469 g/mol. The number of nitrogens with one attached hydrogen (secondary N) is 1. The number of hydrogen-bond donors (Lipinski definition) is 3. The second kappa shape index (κ2) is 9.20. The zero-order chi connectivity index (χ0) is 24.7. The first kappa shape index (κ1) is 23.1.